The number of furan rings is 1. The van der Waals surface area contributed by atoms with Gasteiger partial charge in [0.25, 0.3) is 0 Å². The Kier molecular flexibility index (Phi) is 4.36. The third-order valence-corrected chi connectivity index (χ3v) is 3.01. The summed E-state index contributed by atoms with van der Waals surface area (Å²) in [7, 11) is 0. The number of hydrogen-bond acceptors (Lipinski definition) is 4. The Morgan fingerprint density at radius 2 is 1.95 bits per heavy atom. The van der Waals surface area contributed by atoms with Gasteiger partial charge in [-0.25, -0.2) is 0 Å². The summed E-state index contributed by atoms with van der Waals surface area (Å²) in [4.78, 5) is 11.5. The van der Waals surface area contributed by atoms with Crippen molar-refractivity contribution in [3.05, 3.63) is 47.2 Å². The number of thiocarbonyl (C=S) groups is 1. The zero-order chi connectivity index (χ0) is 15.4. The van der Waals surface area contributed by atoms with Crippen molar-refractivity contribution in [1.82, 2.24) is 0 Å². The van der Waals surface area contributed by atoms with Crippen LogP contribution in [-0.4, -0.2) is 10.9 Å². The maximum atomic E-state index is 11.5. The SMILES string of the molecule is CC(=O)c1c(C)oc(NC(=S)Nc2ccccc2)c1C#N. The quantitative estimate of drug-likeness (QED) is 0.667. The molecule has 0 spiro atoms. The largest absolute Gasteiger partial charge is 0.443 e. The van der Waals surface area contributed by atoms with Crippen LogP contribution in [0.15, 0.2) is 34.7 Å². The first-order valence-corrected chi connectivity index (χ1v) is 6.61. The van der Waals surface area contributed by atoms with Gasteiger partial charge >= 0.3 is 0 Å². The van der Waals surface area contributed by atoms with Crippen LogP contribution in [0.25, 0.3) is 0 Å². The maximum Gasteiger partial charge on any atom is 0.217 e. The van der Waals surface area contributed by atoms with E-state index in [1.807, 2.05) is 36.4 Å². The van der Waals surface area contributed by atoms with Crippen LogP contribution in [0.5, 0.6) is 0 Å². The van der Waals surface area contributed by atoms with Gasteiger partial charge < -0.3 is 15.1 Å². The summed E-state index contributed by atoms with van der Waals surface area (Å²) < 4.78 is 5.42. The highest BCUT2D eigenvalue weighted by Crippen LogP contribution is 2.26. The second kappa shape index (κ2) is 6.20. The molecule has 1 heterocycles. The minimum absolute atomic E-state index is 0.164. The summed E-state index contributed by atoms with van der Waals surface area (Å²) in [6.07, 6.45) is 0. The van der Waals surface area contributed by atoms with Crippen molar-refractivity contribution in [2.75, 3.05) is 10.6 Å². The molecular formula is C15H13N3O2S. The topological polar surface area (TPSA) is 78.1 Å². The van der Waals surface area contributed by atoms with Crippen LogP contribution >= 0.6 is 12.2 Å². The number of nitriles is 1. The Labute approximate surface area is 127 Å². The molecule has 0 fully saturated rings. The molecule has 21 heavy (non-hydrogen) atoms. The van der Waals surface area contributed by atoms with Crippen LogP contribution in [0, 0.1) is 18.3 Å². The van der Waals surface area contributed by atoms with Crippen LogP contribution in [0.3, 0.4) is 0 Å². The summed E-state index contributed by atoms with van der Waals surface area (Å²) in [6, 6.07) is 11.3. The number of hydrogen-bond donors (Lipinski definition) is 2. The molecule has 0 aliphatic rings. The smallest absolute Gasteiger partial charge is 0.217 e. The lowest BCUT2D eigenvalue weighted by atomic mass is 10.1. The summed E-state index contributed by atoms with van der Waals surface area (Å²) in [5.41, 5.74) is 1.25. The molecule has 0 saturated heterocycles. The van der Waals surface area contributed by atoms with E-state index in [4.69, 9.17) is 16.6 Å². The van der Waals surface area contributed by atoms with Gasteiger partial charge in [0.05, 0.1) is 5.56 Å². The average Bonchev–Trinajstić information content (AvgIpc) is 2.75. The molecule has 0 saturated carbocycles. The van der Waals surface area contributed by atoms with E-state index in [1.54, 1.807) is 6.92 Å². The zero-order valence-electron chi connectivity index (χ0n) is 11.6. The van der Waals surface area contributed by atoms with Crippen LogP contribution in [0.2, 0.25) is 0 Å². The van der Waals surface area contributed by atoms with Crippen molar-refractivity contribution in [1.29, 1.82) is 5.26 Å². The number of nitrogens with one attached hydrogen (secondary N) is 2. The average molecular weight is 299 g/mol. The highest BCUT2D eigenvalue weighted by atomic mass is 32.1. The normalized spacial score (nSPS) is 9.76. The molecule has 0 atom stereocenters. The van der Waals surface area contributed by atoms with Gasteiger partial charge in [-0.15, -0.1) is 0 Å². The molecule has 6 heteroatoms. The van der Waals surface area contributed by atoms with E-state index in [0.717, 1.165) is 5.69 Å². The van der Waals surface area contributed by atoms with Gasteiger partial charge in [-0.3, -0.25) is 4.79 Å². The Balaban J connectivity index is 2.21. The molecule has 106 valence electrons. The minimum atomic E-state index is -0.220. The number of benzene rings is 1. The van der Waals surface area contributed by atoms with E-state index in [1.165, 1.54) is 6.92 Å². The van der Waals surface area contributed by atoms with Gasteiger partial charge in [-0.2, -0.15) is 5.26 Å². The number of Topliss-reactive ketones (excluding diaryl/α,β-unsaturated/α-hetero) is 1. The summed E-state index contributed by atoms with van der Waals surface area (Å²) in [5, 5.41) is 15.2. The second-order valence-corrected chi connectivity index (χ2v) is 4.76. The molecule has 0 bridgehead atoms. The lowest BCUT2D eigenvalue weighted by Crippen LogP contribution is -2.19. The molecule has 1 aromatic heterocycles. The van der Waals surface area contributed by atoms with Gasteiger partial charge in [0.1, 0.15) is 17.4 Å². The first-order chi connectivity index (χ1) is 10.0. The Bertz CT molecular complexity index is 729. The van der Waals surface area contributed by atoms with Crippen LogP contribution in [0.4, 0.5) is 11.6 Å². The molecular weight excluding hydrogens is 286 g/mol. The predicted octanol–water partition coefficient (Wildman–Crippen LogP) is 3.47. The monoisotopic (exact) mass is 299 g/mol. The minimum Gasteiger partial charge on any atom is -0.443 e. The number of carbonyl (C=O) groups excluding carboxylic acids is 1. The fourth-order valence-electron chi connectivity index (χ4n) is 1.95. The highest BCUT2D eigenvalue weighted by Gasteiger charge is 2.21. The molecule has 0 unspecified atom stereocenters. The Hall–Kier alpha value is -2.65. The first kappa shape index (κ1) is 14.8. The molecule has 0 aliphatic heterocycles. The summed E-state index contributed by atoms with van der Waals surface area (Å²) in [6.45, 7) is 3.03. The lowest BCUT2D eigenvalue weighted by molar-refractivity contribution is 0.101. The van der Waals surface area contributed by atoms with E-state index >= 15 is 0 Å². The van der Waals surface area contributed by atoms with Crippen molar-refractivity contribution in [2.24, 2.45) is 0 Å². The number of carbonyl (C=O) groups is 1. The lowest BCUT2D eigenvalue weighted by Gasteiger charge is -2.08. The van der Waals surface area contributed by atoms with Crippen molar-refractivity contribution in [3.63, 3.8) is 0 Å². The van der Waals surface area contributed by atoms with Gasteiger partial charge in [0.2, 0.25) is 5.88 Å². The van der Waals surface area contributed by atoms with Gasteiger partial charge in [-0.1, -0.05) is 18.2 Å². The molecule has 2 N–H and O–H groups in total. The molecule has 2 rings (SSSR count). The molecule has 5 nitrogen and oxygen atoms in total. The van der Waals surface area contributed by atoms with E-state index in [2.05, 4.69) is 10.6 Å². The number of para-hydroxylation sites is 1. The number of anilines is 2. The Morgan fingerprint density at radius 1 is 1.29 bits per heavy atom. The molecule has 0 amide bonds. The first-order valence-electron chi connectivity index (χ1n) is 6.20. The van der Waals surface area contributed by atoms with Crippen LogP contribution in [-0.2, 0) is 0 Å². The van der Waals surface area contributed by atoms with E-state index in [-0.39, 0.29) is 27.9 Å². The van der Waals surface area contributed by atoms with Crippen molar-refractivity contribution in [3.8, 4) is 6.07 Å². The van der Waals surface area contributed by atoms with E-state index in [0.29, 0.717) is 5.76 Å². The molecule has 0 radical (unpaired) electrons. The zero-order valence-corrected chi connectivity index (χ0v) is 12.4. The Morgan fingerprint density at radius 3 is 2.52 bits per heavy atom. The van der Waals surface area contributed by atoms with E-state index in [9.17, 15) is 10.1 Å². The number of rotatable bonds is 3. The fraction of sp³-hybridized carbons (Fsp3) is 0.133. The highest BCUT2D eigenvalue weighted by molar-refractivity contribution is 7.80. The molecule has 0 aliphatic carbocycles. The fourth-order valence-corrected chi connectivity index (χ4v) is 2.16. The third-order valence-electron chi connectivity index (χ3n) is 2.81. The van der Waals surface area contributed by atoms with Crippen LogP contribution < -0.4 is 10.6 Å². The van der Waals surface area contributed by atoms with Crippen LogP contribution in [0.1, 0.15) is 28.6 Å². The second-order valence-electron chi connectivity index (χ2n) is 4.35. The summed E-state index contributed by atoms with van der Waals surface area (Å²) >= 11 is 5.17. The molecule has 1 aromatic carbocycles. The third kappa shape index (κ3) is 3.27. The maximum absolute atomic E-state index is 11.5. The summed E-state index contributed by atoms with van der Waals surface area (Å²) in [5.74, 6) is 0.348. The number of nitrogens with zero attached hydrogens (tertiary/aromatic N) is 1. The van der Waals surface area contributed by atoms with Gasteiger partial charge in [-0.05, 0) is 38.2 Å². The standard InChI is InChI=1S/C15H13N3O2S/c1-9(19)13-10(2)20-14(12(13)8-16)18-15(21)17-11-6-4-3-5-7-11/h3-7H,1-2H3,(H2,17,18,21). The molecule has 2 aromatic rings. The predicted molar refractivity (Wildman–Crippen MR) is 84.4 cm³/mol. The van der Waals surface area contributed by atoms with E-state index < -0.39 is 0 Å². The van der Waals surface area contributed by atoms with Crippen molar-refractivity contribution >= 4 is 34.7 Å². The van der Waals surface area contributed by atoms with Crippen molar-refractivity contribution in [2.45, 2.75) is 13.8 Å². The number of aryl methyl sites for hydroxylation is 1. The van der Waals surface area contributed by atoms with Gasteiger partial charge in [0.15, 0.2) is 10.9 Å². The number of ketones is 1. The van der Waals surface area contributed by atoms with Gasteiger partial charge in [0, 0.05) is 5.69 Å². The van der Waals surface area contributed by atoms with Crippen molar-refractivity contribution < 1.29 is 9.21 Å².